The summed E-state index contributed by atoms with van der Waals surface area (Å²) in [6.07, 6.45) is 3.22. The Labute approximate surface area is 77.7 Å². The predicted octanol–water partition coefficient (Wildman–Crippen LogP) is 2.41. The first-order valence-electron chi connectivity index (χ1n) is 5.20. The molecule has 0 aliphatic heterocycles. The highest BCUT2D eigenvalue weighted by Crippen LogP contribution is 2.49. The smallest absolute Gasteiger partial charge is 0.253 e. The van der Waals surface area contributed by atoms with Gasteiger partial charge in [-0.05, 0) is 43.4 Å². The van der Waals surface area contributed by atoms with Crippen LogP contribution in [-0.2, 0) is 0 Å². The number of alkyl halides is 2. The average Bonchev–Trinajstić information content (AvgIpc) is 2.64. The van der Waals surface area contributed by atoms with Gasteiger partial charge >= 0.3 is 0 Å². The molecule has 76 valence electrons. The molecule has 2 N–H and O–H groups in total. The fourth-order valence-electron chi connectivity index (χ4n) is 3.12. The highest BCUT2D eigenvalue weighted by molar-refractivity contribution is 4.91. The van der Waals surface area contributed by atoms with E-state index in [0.29, 0.717) is 12.3 Å². The van der Waals surface area contributed by atoms with Gasteiger partial charge in [-0.25, -0.2) is 8.78 Å². The lowest BCUT2D eigenvalue weighted by molar-refractivity contribution is 0.0973. The quantitative estimate of drug-likeness (QED) is 0.724. The van der Waals surface area contributed by atoms with Crippen molar-refractivity contribution >= 4 is 0 Å². The first kappa shape index (κ1) is 9.38. The zero-order valence-corrected chi connectivity index (χ0v) is 7.76. The zero-order valence-electron chi connectivity index (χ0n) is 7.76. The van der Waals surface area contributed by atoms with Gasteiger partial charge in [-0.3, -0.25) is 0 Å². The Hall–Kier alpha value is -0.180. The lowest BCUT2D eigenvalue weighted by Gasteiger charge is -2.24. The summed E-state index contributed by atoms with van der Waals surface area (Å²) in [4.78, 5) is 0. The van der Waals surface area contributed by atoms with Crippen LogP contribution in [-0.4, -0.2) is 12.5 Å². The van der Waals surface area contributed by atoms with Crippen LogP contribution in [0.5, 0.6) is 0 Å². The minimum atomic E-state index is -2.33. The molecule has 2 aliphatic carbocycles. The summed E-state index contributed by atoms with van der Waals surface area (Å²) in [5, 5.41) is 0. The Morgan fingerprint density at radius 3 is 2.46 bits per heavy atom. The van der Waals surface area contributed by atoms with Gasteiger partial charge in [0.2, 0.25) is 0 Å². The van der Waals surface area contributed by atoms with Crippen LogP contribution >= 0.6 is 0 Å². The standard InChI is InChI=1S/C10H17F2N/c11-10(12)9(13)5-8-4-6-1-2-7(8)3-6/h6-10H,1-5,13H2. The fourth-order valence-corrected chi connectivity index (χ4v) is 3.12. The third-order valence-corrected chi connectivity index (χ3v) is 3.78. The molecular formula is C10H17F2N. The van der Waals surface area contributed by atoms with Crippen molar-refractivity contribution in [3.05, 3.63) is 0 Å². The van der Waals surface area contributed by atoms with Crippen molar-refractivity contribution < 1.29 is 8.78 Å². The van der Waals surface area contributed by atoms with Crippen molar-refractivity contribution in [3.63, 3.8) is 0 Å². The molecule has 0 heterocycles. The Balaban J connectivity index is 1.83. The van der Waals surface area contributed by atoms with Crippen LogP contribution in [0.4, 0.5) is 8.78 Å². The SMILES string of the molecule is NC(CC1CC2CCC1C2)C(F)F. The van der Waals surface area contributed by atoms with Crippen molar-refractivity contribution in [2.24, 2.45) is 23.5 Å². The number of hydrogen-bond acceptors (Lipinski definition) is 1. The summed E-state index contributed by atoms with van der Waals surface area (Å²) in [7, 11) is 0. The second kappa shape index (κ2) is 3.52. The maximum Gasteiger partial charge on any atom is 0.253 e. The summed E-state index contributed by atoms with van der Waals surface area (Å²) in [6, 6.07) is -0.885. The second-order valence-electron chi connectivity index (χ2n) is 4.67. The molecule has 2 fully saturated rings. The first-order valence-corrected chi connectivity index (χ1v) is 5.20. The van der Waals surface area contributed by atoms with Gasteiger partial charge in [0.05, 0.1) is 6.04 Å². The fraction of sp³-hybridized carbons (Fsp3) is 1.00. The van der Waals surface area contributed by atoms with Crippen LogP contribution in [0.2, 0.25) is 0 Å². The molecule has 0 aromatic carbocycles. The molecule has 4 atom stereocenters. The molecule has 0 saturated heterocycles. The van der Waals surface area contributed by atoms with Gasteiger partial charge in [0.1, 0.15) is 0 Å². The maximum atomic E-state index is 12.2. The van der Waals surface area contributed by atoms with E-state index in [1.807, 2.05) is 0 Å². The second-order valence-corrected chi connectivity index (χ2v) is 4.67. The van der Waals surface area contributed by atoms with Crippen molar-refractivity contribution in [1.29, 1.82) is 0 Å². The number of rotatable bonds is 3. The van der Waals surface area contributed by atoms with Gasteiger partial charge < -0.3 is 5.73 Å². The van der Waals surface area contributed by atoms with Crippen LogP contribution in [0.3, 0.4) is 0 Å². The number of halogens is 2. The third kappa shape index (κ3) is 1.85. The number of fused-ring (bicyclic) bond motifs is 2. The molecular weight excluding hydrogens is 172 g/mol. The van der Waals surface area contributed by atoms with Crippen molar-refractivity contribution in [2.75, 3.05) is 0 Å². The molecule has 2 bridgehead atoms. The van der Waals surface area contributed by atoms with Crippen molar-refractivity contribution in [1.82, 2.24) is 0 Å². The largest absolute Gasteiger partial charge is 0.323 e. The molecule has 2 aliphatic rings. The van der Waals surface area contributed by atoms with E-state index >= 15 is 0 Å². The van der Waals surface area contributed by atoms with E-state index in [0.717, 1.165) is 18.3 Å². The Kier molecular flexibility index (Phi) is 2.54. The molecule has 1 nitrogen and oxygen atoms in total. The van der Waals surface area contributed by atoms with E-state index in [2.05, 4.69) is 0 Å². The zero-order chi connectivity index (χ0) is 9.42. The predicted molar refractivity (Wildman–Crippen MR) is 47.5 cm³/mol. The summed E-state index contributed by atoms with van der Waals surface area (Å²) in [5.41, 5.74) is 5.38. The summed E-state index contributed by atoms with van der Waals surface area (Å²) >= 11 is 0. The van der Waals surface area contributed by atoms with Gasteiger partial charge in [-0.1, -0.05) is 6.42 Å². The third-order valence-electron chi connectivity index (χ3n) is 3.78. The molecule has 3 heteroatoms. The summed E-state index contributed by atoms with van der Waals surface area (Å²) in [6.45, 7) is 0. The number of hydrogen-bond donors (Lipinski definition) is 1. The minimum absolute atomic E-state index is 0.503. The highest BCUT2D eigenvalue weighted by atomic mass is 19.3. The van der Waals surface area contributed by atoms with E-state index in [-0.39, 0.29) is 0 Å². The van der Waals surface area contributed by atoms with Crippen LogP contribution in [0.15, 0.2) is 0 Å². The normalized spacial score (nSPS) is 40.2. The molecule has 13 heavy (non-hydrogen) atoms. The molecule has 0 radical (unpaired) electrons. The van der Waals surface area contributed by atoms with E-state index in [9.17, 15) is 8.78 Å². The van der Waals surface area contributed by atoms with E-state index in [1.165, 1.54) is 19.3 Å². The van der Waals surface area contributed by atoms with Gasteiger partial charge in [0, 0.05) is 0 Å². The lowest BCUT2D eigenvalue weighted by atomic mass is 9.84. The van der Waals surface area contributed by atoms with Crippen LogP contribution < -0.4 is 5.73 Å². The topological polar surface area (TPSA) is 26.0 Å². The van der Waals surface area contributed by atoms with E-state index in [4.69, 9.17) is 5.73 Å². The highest BCUT2D eigenvalue weighted by Gasteiger charge is 2.40. The maximum absolute atomic E-state index is 12.2. The van der Waals surface area contributed by atoms with E-state index < -0.39 is 12.5 Å². The molecule has 4 unspecified atom stereocenters. The molecule has 0 aromatic heterocycles. The lowest BCUT2D eigenvalue weighted by Crippen LogP contribution is -2.32. The molecule has 2 rings (SSSR count). The molecule has 2 saturated carbocycles. The Morgan fingerprint density at radius 1 is 1.23 bits per heavy atom. The van der Waals surface area contributed by atoms with Gasteiger partial charge in [-0.15, -0.1) is 0 Å². The summed E-state index contributed by atoms with van der Waals surface area (Å²) in [5.74, 6) is 2.05. The van der Waals surface area contributed by atoms with Gasteiger partial charge in [0.25, 0.3) is 6.43 Å². The Morgan fingerprint density at radius 2 is 2.00 bits per heavy atom. The monoisotopic (exact) mass is 189 g/mol. The molecule has 0 aromatic rings. The average molecular weight is 189 g/mol. The minimum Gasteiger partial charge on any atom is -0.323 e. The van der Waals surface area contributed by atoms with E-state index in [1.54, 1.807) is 0 Å². The molecule has 0 spiro atoms. The van der Waals surface area contributed by atoms with Crippen molar-refractivity contribution in [3.8, 4) is 0 Å². The van der Waals surface area contributed by atoms with Crippen LogP contribution in [0, 0.1) is 17.8 Å². The summed E-state index contributed by atoms with van der Waals surface area (Å²) < 4.78 is 24.4. The van der Waals surface area contributed by atoms with Crippen LogP contribution in [0.1, 0.15) is 32.1 Å². The first-order chi connectivity index (χ1) is 6.16. The number of nitrogens with two attached hydrogens (primary N) is 1. The van der Waals surface area contributed by atoms with Crippen molar-refractivity contribution in [2.45, 2.75) is 44.6 Å². The van der Waals surface area contributed by atoms with Crippen LogP contribution in [0.25, 0.3) is 0 Å². The van der Waals surface area contributed by atoms with Gasteiger partial charge in [0.15, 0.2) is 0 Å². The molecule has 0 amide bonds. The Bertz CT molecular complexity index is 184. The van der Waals surface area contributed by atoms with Gasteiger partial charge in [-0.2, -0.15) is 0 Å².